The van der Waals surface area contributed by atoms with Crippen LogP contribution in [0, 0.1) is 0 Å². The van der Waals surface area contributed by atoms with E-state index in [4.69, 9.17) is 4.74 Å². The molecule has 0 radical (unpaired) electrons. The van der Waals surface area contributed by atoms with Crippen molar-refractivity contribution in [1.29, 1.82) is 0 Å². The Morgan fingerprint density at radius 3 is 2.59 bits per heavy atom. The summed E-state index contributed by atoms with van der Waals surface area (Å²) in [4.78, 5) is 16.9. The van der Waals surface area contributed by atoms with Crippen LogP contribution in [0.1, 0.15) is 10.4 Å². The normalized spacial score (nSPS) is 11.0. The Hall–Kier alpha value is -3.51. The summed E-state index contributed by atoms with van der Waals surface area (Å²) in [6.07, 6.45) is 5.64. The number of pyridine rings is 1. The van der Waals surface area contributed by atoms with Gasteiger partial charge in [-0.25, -0.2) is 0 Å². The van der Waals surface area contributed by atoms with Crippen LogP contribution < -0.4 is 5.32 Å². The molecule has 0 aliphatic rings. The van der Waals surface area contributed by atoms with Crippen molar-refractivity contribution >= 4 is 16.8 Å². The average Bonchev–Trinajstić information content (AvgIpc) is 3.19. The Balaban J connectivity index is 1.68. The zero-order valence-electron chi connectivity index (χ0n) is 16.4. The van der Waals surface area contributed by atoms with Crippen molar-refractivity contribution < 1.29 is 9.53 Å². The number of carbonyl (C=O) groups excluding carboxylic acids is 1. The molecule has 2 aromatic carbocycles. The number of nitrogens with one attached hydrogen (secondary N) is 1. The first kappa shape index (κ1) is 18.8. The summed E-state index contributed by atoms with van der Waals surface area (Å²) >= 11 is 0. The SMILES string of the molecule is COCCNC(=O)c1ccc2nccc(-c3ccc(-c4cnn(C)c4)cc3)c2c1. The van der Waals surface area contributed by atoms with Crippen LogP contribution in [-0.4, -0.2) is 40.9 Å². The van der Waals surface area contributed by atoms with E-state index in [-0.39, 0.29) is 5.91 Å². The molecule has 6 heteroatoms. The summed E-state index contributed by atoms with van der Waals surface area (Å²) in [6.45, 7) is 0.957. The predicted molar refractivity (Wildman–Crippen MR) is 114 cm³/mol. The van der Waals surface area contributed by atoms with Crippen LogP contribution in [0.4, 0.5) is 0 Å². The lowest BCUT2D eigenvalue weighted by Crippen LogP contribution is -2.26. The Labute approximate surface area is 169 Å². The van der Waals surface area contributed by atoms with Crippen molar-refractivity contribution in [3.63, 3.8) is 0 Å². The van der Waals surface area contributed by atoms with Gasteiger partial charge in [-0.1, -0.05) is 24.3 Å². The van der Waals surface area contributed by atoms with Crippen LogP contribution >= 0.6 is 0 Å². The topological polar surface area (TPSA) is 69.0 Å². The number of hydrogen-bond acceptors (Lipinski definition) is 4. The van der Waals surface area contributed by atoms with Crippen LogP contribution in [0.2, 0.25) is 0 Å². The zero-order valence-corrected chi connectivity index (χ0v) is 16.4. The van der Waals surface area contributed by atoms with Gasteiger partial charge in [0.25, 0.3) is 5.91 Å². The molecular formula is C23H22N4O2. The number of aromatic nitrogens is 3. The van der Waals surface area contributed by atoms with Crippen molar-refractivity contribution in [2.24, 2.45) is 7.05 Å². The third-order valence-corrected chi connectivity index (χ3v) is 4.83. The first-order valence-electron chi connectivity index (χ1n) is 9.41. The van der Waals surface area contributed by atoms with Gasteiger partial charge < -0.3 is 10.1 Å². The lowest BCUT2D eigenvalue weighted by atomic mass is 9.98. The van der Waals surface area contributed by atoms with Crippen LogP contribution in [0.5, 0.6) is 0 Å². The maximum absolute atomic E-state index is 12.4. The first-order chi connectivity index (χ1) is 14.2. The number of methoxy groups -OCH3 is 1. The van der Waals surface area contributed by atoms with Crippen molar-refractivity contribution in [1.82, 2.24) is 20.1 Å². The standard InChI is InChI=1S/C23H22N4O2/c1-27-15-19(14-26-27)16-3-5-17(6-4-16)20-9-10-24-22-8-7-18(13-21(20)22)23(28)25-11-12-29-2/h3-10,13-15H,11-12H2,1-2H3,(H,25,28). The molecule has 4 aromatic rings. The maximum atomic E-state index is 12.4. The molecule has 29 heavy (non-hydrogen) atoms. The molecule has 0 atom stereocenters. The highest BCUT2D eigenvalue weighted by Crippen LogP contribution is 2.30. The molecule has 0 fully saturated rings. The van der Waals surface area contributed by atoms with Gasteiger partial charge in [-0.15, -0.1) is 0 Å². The summed E-state index contributed by atoms with van der Waals surface area (Å²) in [6, 6.07) is 15.9. The molecule has 0 unspecified atom stereocenters. The number of ether oxygens (including phenoxy) is 1. The van der Waals surface area contributed by atoms with E-state index in [1.165, 1.54) is 0 Å². The van der Waals surface area contributed by atoms with Gasteiger partial charge in [-0.05, 0) is 41.0 Å². The van der Waals surface area contributed by atoms with Gasteiger partial charge >= 0.3 is 0 Å². The molecule has 1 N–H and O–H groups in total. The van der Waals surface area contributed by atoms with E-state index in [2.05, 4.69) is 39.7 Å². The summed E-state index contributed by atoms with van der Waals surface area (Å²) in [5.41, 5.74) is 5.76. The second-order valence-electron chi connectivity index (χ2n) is 6.82. The lowest BCUT2D eigenvalue weighted by molar-refractivity contribution is 0.0937. The molecule has 0 aliphatic carbocycles. The van der Waals surface area contributed by atoms with Gasteiger partial charge in [-0.3, -0.25) is 14.5 Å². The molecule has 4 rings (SSSR count). The third kappa shape index (κ3) is 4.02. The van der Waals surface area contributed by atoms with Crippen molar-refractivity contribution in [2.75, 3.05) is 20.3 Å². The summed E-state index contributed by atoms with van der Waals surface area (Å²) < 4.78 is 6.78. The van der Waals surface area contributed by atoms with E-state index in [1.807, 2.05) is 37.6 Å². The Morgan fingerprint density at radius 2 is 1.86 bits per heavy atom. The third-order valence-electron chi connectivity index (χ3n) is 4.83. The summed E-state index contributed by atoms with van der Waals surface area (Å²) in [5.74, 6) is -0.120. The van der Waals surface area contributed by atoms with Gasteiger partial charge in [0.15, 0.2) is 0 Å². The second-order valence-corrected chi connectivity index (χ2v) is 6.82. The fourth-order valence-corrected chi connectivity index (χ4v) is 3.32. The van der Waals surface area contributed by atoms with E-state index in [0.717, 1.165) is 33.2 Å². The van der Waals surface area contributed by atoms with E-state index < -0.39 is 0 Å². The number of hydrogen-bond donors (Lipinski definition) is 1. The van der Waals surface area contributed by atoms with Crippen LogP contribution in [0.15, 0.2) is 67.1 Å². The number of rotatable bonds is 6. The summed E-state index contributed by atoms with van der Waals surface area (Å²) in [5, 5.41) is 8.03. The lowest BCUT2D eigenvalue weighted by Gasteiger charge is -2.10. The molecule has 2 aromatic heterocycles. The van der Waals surface area contributed by atoms with Crippen LogP contribution in [-0.2, 0) is 11.8 Å². The number of carbonyl (C=O) groups is 1. The minimum atomic E-state index is -0.120. The molecule has 146 valence electrons. The molecule has 1 amide bonds. The Kier molecular flexibility index (Phi) is 5.35. The molecular weight excluding hydrogens is 364 g/mol. The van der Waals surface area contributed by atoms with E-state index in [9.17, 15) is 4.79 Å². The summed E-state index contributed by atoms with van der Waals surface area (Å²) in [7, 11) is 3.52. The highest BCUT2D eigenvalue weighted by atomic mass is 16.5. The number of fused-ring (bicyclic) bond motifs is 1. The molecule has 0 spiro atoms. The number of benzene rings is 2. The average molecular weight is 386 g/mol. The molecule has 0 saturated carbocycles. The smallest absolute Gasteiger partial charge is 0.251 e. The first-order valence-corrected chi connectivity index (χ1v) is 9.41. The minimum Gasteiger partial charge on any atom is -0.383 e. The molecule has 2 heterocycles. The van der Waals surface area contributed by atoms with Gasteiger partial charge in [0.2, 0.25) is 0 Å². The van der Waals surface area contributed by atoms with E-state index in [1.54, 1.807) is 24.1 Å². The van der Waals surface area contributed by atoms with E-state index in [0.29, 0.717) is 18.7 Å². The minimum absolute atomic E-state index is 0.120. The highest BCUT2D eigenvalue weighted by Gasteiger charge is 2.10. The molecule has 0 aliphatic heterocycles. The second kappa shape index (κ2) is 8.24. The van der Waals surface area contributed by atoms with Crippen LogP contribution in [0.3, 0.4) is 0 Å². The Bertz CT molecular complexity index is 1150. The fourth-order valence-electron chi connectivity index (χ4n) is 3.32. The van der Waals surface area contributed by atoms with Gasteiger partial charge in [-0.2, -0.15) is 5.10 Å². The van der Waals surface area contributed by atoms with Crippen LogP contribution in [0.25, 0.3) is 33.2 Å². The largest absolute Gasteiger partial charge is 0.383 e. The number of nitrogens with zero attached hydrogens (tertiary/aromatic N) is 3. The number of aryl methyl sites for hydroxylation is 1. The van der Waals surface area contributed by atoms with Gasteiger partial charge in [0.05, 0.1) is 18.3 Å². The Morgan fingerprint density at radius 1 is 1.07 bits per heavy atom. The number of amides is 1. The monoisotopic (exact) mass is 386 g/mol. The van der Waals surface area contributed by atoms with Crippen molar-refractivity contribution in [3.05, 3.63) is 72.7 Å². The van der Waals surface area contributed by atoms with Gasteiger partial charge in [0, 0.05) is 49.6 Å². The van der Waals surface area contributed by atoms with Crippen molar-refractivity contribution in [2.45, 2.75) is 0 Å². The quantitative estimate of drug-likeness (QED) is 0.513. The predicted octanol–water partition coefficient (Wildman–Crippen LogP) is 3.68. The highest BCUT2D eigenvalue weighted by molar-refractivity contribution is 6.02. The zero-order chi connectivity index (χ0) is 20.2. The molecule has 0 bridgehead atoms. The molecule has 0 saturated heterocycles. The van der Waals surface area contributed by atoms with Gasteiger partial charge in [0.1, 0.15) is 0 Å². The van der Waals surface area contributed by atoms with E-state index >= 15 is 0 Å². The maximum Gasteiger partial charge on any atom is 0.251 e. The van der Waals surface area contributed by atoms with Crippen molar-refractivity contribution in [3.8, 4) is 22.3 Å². The molecule has 6 nitrogen and oxygen atoms in total. The fraction of sp³-hybridized carbons (Fsp3) is 0.174.